The van der Waals surface area contributed by atoms with Crippen LogP contribution in [0.1, 0.15) is 187 Å². The van der Waals surface area contributed by atoms with Gasteiger partial charge in [0.15, 0.2) is 18.9 Å². The fourth-order valence-corrected chi connectivity index (χ4v) is 10.2. The van der Waals surface area contributed by atoms with Gasteiger partial charge >= 0.3 is 0 Å². The van der Waals surface area contributed by atoms with Crippen LogP contribution in [-0.4, -0.2) is 193 Å². The summed E-state index contributed by atoms with van der Waals surface area (Å²) in [5, 5.41) is 120. The number of nitrogens with one attached hydrogen (secondary N) is 1. The van der Waals surface area contributed by atoms with Gasteiger partial charge in [0.2, 0.25) is 5.91 Å². The molecule has 17 atom stereocenters. The van der Waals surface area contributed by atoms with Crippen LogP contribution in [0.4, 0.5) is 0 Å². The number of allylic oxidation sites excluding steroid dienone is 13. The number of rotatable bonds is 46. The average Bonchev–Trinajstić information content (AvgIpc) is 3.68. The number of aliphatic hydroxyl groups excluding tert-OH is 11. The van der Waals surface area contributed by atoms with E-state index >= 15 is 0 Å². The first-order valence-corrected chi connectivity index (χ1v) is 31.8. The molecule has 0 spiro atoms. The molecule has 3 aliphatic heterocycles. The molecule has 0 aromatic rings. The van der Waals surface area contributed by atoms with Crippen molar-refractivity contribution in [2.45, 2.75) is 291 Å². The van der Waals surface area contributed by atoms with Gasteiger partial charge in [-0.3, -0.25) is 4.79 Å². The largest absolute Gasteiger partial charge is 0.394 e. The van der Waals surface area contributed by atoms with E-state index < -0.39 is 124 Å². The van der Waals surface area contributed by atoms with Crippen LogP contribution in [0.5, 0.6) is 0 Å². The van der Waals surface area contributed by atoms with Crippen LogP contribution in [0.3, 0.4) is 0 Å². The number of hydrogen-bond acceptors (Lipinski definition) is 18. The SMILES string of the molecule is CC/C=C\C/C=C\C/C=C\C/C=C\C/C=C\CCCCCCCCCCCC(=O)NC(COC1OC(CO)C(OC2OC(CO)C(OC3OC(CO)C(O)C(O)C3O)C(O)C2O)C(O)C1O)C(O)/C=C/CC/C=C/CCCCCCCCCC. The van der Waals surface area contributed by atoms with Gasteiger partial charge in [-0.25, -0.2) is 0 Å². The van der Waals surface area contributed by atoms with Crippen molar-refractivity contribution < 1.29 is 89.4 Å². The van der Waals surface area contributed by atoms with E-state index in [2.05, 4.69) is 92.1 Å². The molecule has 484 valence electrons. The van der Waals surface area contributed by atoms with Crippen molar-refractivity contribution in [1.29, 1.82) is 0 Å². The Morgan fingerprint density at radius 2 is 0.833 bits per heavy atom. The first-order valence-electron chi connectivity index (χ1n) is 31.8. The lowest BCUT2D eigenvalue weighted by atomic mass is 9.96. The van der Waals surface area contributed by atoms with Crippen LogP contribution in [0.2, 0.25) is 0 Å². The molecule has 0 saturated carbocycles. The van der Waals surface area contributed by atoms with E-state index in [1.807, 2.05) is 6.08 Å². The molecule has 84 heavy (non-hydrogen) atoms. The van der Waals surface area contributed by atoms with Gasteiger partial charge in [0.25, 0.3) is 0 Å². The maximum atomic E-state index is 13.4. The Kier molecular flexibility index (Phi) is 42.1. The fraction of sp³-hybridized carbons (Fsp3) is 0.769. The summed E-state index contributed by atoms with van der Waals surface area (Å²) in [7, 11) is 0. The molecular weight excluding hydrogens is 1080 g/mol. The Bertz CT molecular complexity index is 1860. The Morgan fingerprint density at radius 3 is 1.33 bits per heavy atom. The molecule has 3 fully saturated rings. The minimum absolute atomic E-state index is 0.223. The standard InChI is InChI=1S/C65H111NO18/c1-3-5-7-9-11-13-15-17-19-20-21-22-23-24-25-26-27-28-29-31-33-35-37-39-41-43-53(71)66-48(49(70)42-40-38-36-34-32-30-18-16-14-12-10-8-6-4-2)47-79-63-59(77)56(74)61(51(45-68)81-63)84-65-60(78)57(75)62(52(46-69)82-65)83-64-58(76)55(73)54(72)50(44-67)80-64/h5,7,11,13,17,19,21-22,24-25,32,34,40,42,48-52,54-65,67-70,72-78H,3-4,6,8-10,12,14-16,18,20,23,26-31,33,35-39,41,43-47H2,1-2H3,(H,66,71)/b7-5-,13-11-,19-17-,22-21-,25-24-,34-32+,42-40+. The van der Waals surface area contributed by atoms with Crippen molar-refractivity contribution in [2.75, 3.05) is 26.4 Å². The van der Waals surface area contributed by atoms with E-state index in [-0.39, 0.29) is 18.9 Å². The van der Waals surface area contributed by atoms with E-state index in [9.17, 15) is 61.0 Å². The summed E-state index contributed by atoms with van der Waals surface area (Å²) < 4.78 is 34.2. The summed E-state index contributed by atoms with van der Waals surface area (Å²) >= 11 is 0. The molecule has 0 aromatic carbocycles. The smallest absolute Gasteiger partial charge is 0.220 e. The zero-order valence-electron chi connectivity index (χ0n) is 50.6. The second-order valence-electron chi connectivity index (χ2n) is 22.5. The molecule has 0 aromatic heterocycles. The zero-order valence-corrected chi connectivity index (χ0v) is 50.6. The van der Waals surface area contributed by atoms with Crippen LogP contribution in [-0.2, 0) is 33.2 Å². The Balaban J connectivity index is 1.46. The van der Waals surface area contributed by atoms with Gasteiger partial charge in [-0.1, -0.05) is 189 Å². The Labute approximate surface area is 501 Å². The molecule has 17 unspecified atom stereocenters. The molecule has 3 heterocycles. The molecule has 1 amide bonds. The van der Waals surface area contributed by atoms with Gasteiger partial charge in [-0.05, 0) is 77.0 Å². The third-order valence-corrected chi connectivity index (χ3v) is 15.4. The van der Waals surface area contributed by atoms with Crippen molar-refractivity contribution in [3.05, 3.63) is 85.1 Å². The third-order valence-electron chi connectivity index (χ3n) is 15.4. The first-order chi connectivity index (χ1) is 40.8. The number of ether oxygens (including phenoxy) is 6. The minimum Gasteiger partial charge on any atom is -0.394 e. The zero-order chi connectivity index (χ0) is 61.2. The lowest BCUT2D eigenvalue weighted by molar-refractivity contribution is -0.379. The fourth-order valence-electron chi connectivity index (χ4n) is 10.2. The molecule has 3 rings (SSSR count). The summed E-state index contributed by atoms with van der Waals surface area (Å²) in [5.74, 6) is -0.297. The molecule has 0 bridgehead atoms. The van der Waals surface area contributed by atoms with Crippen LogP contribution < -0.4 is 5.32 Å². The van der Waals surface area contributed by atoms with Gasteiger partial charge in [0.1, 0.15) is 73.2 Å². The Hall–Kier alpha value is -3.03. The summed E-state index contributed by atoms with van der Waals surface area (Å²) in [6.45, 7) is 1.56. The average molecular weight is 1190 g/mol. The molecular formula is C65H111NO18. The summed E-state index contributed by atoms with van der Waals surface area (Å²) in [4.78, 5) is 13.4. The highest BCUT2D eigenvalue weighted by Crippen LogP contribution is 2.33. The van der Waals surface area contributed by atoms with E-state index in [0.717, 1.165) is 83.5 Å². The van der Waals surface area contributed by atoms with Crippen molar-refractivity contribution in [2.24, 2.45) is 0 Å². The monoisotopic (exact) mass is 1190 g/mol. The first kappa shape index (κ1) is 75.2. The number of aliphatic hydroxyl groups is 11. The van der Waals surface area contributed by atoms with Gasteiger partial charge in [0.05, 0.1) is 38.6 Å². The summed E-state index contributed by atoms with van der Waals surface area (Å²) in [5.41, 5.74) is 0. The highest BCUT2D eigenvalue weighted by Gasteiger charge is 2.53. The Morgan fingerprint density at radius 1 is 0.440 bits per heavy atom. The van der Waals surface area contributed by atoms with E-state index in [4.69, 9.17) is 28.4 Å². The van der Waals surface area contributed by atoms with Crippen LogP contribution in [0, 0.1) is 0 Å². The maximum absolute atomic E-state index is 13.4. The number of unbranched alkanes of at least 4 members (excludes halogenated alkanes) is 18. The number of amides is 1. The molecule has 19 heteroatoms. The predicted molar refractivity (Wildman–Crippen MR) is 323 cm³/mol. The van der Waals surface area contributed by atoms with Crippen LogP contribution in [0.15, 0.2) is 85.1 Å². The van der Waals surface area contributed by atoms with E-state index in [1.54, 1.807) is 6.08 Å². The van der Waals surface area contributed by atoms with Crippen molar-refractivity contribution >= 4 is 5.91 Å². The second-order valence-corrected chi connectivity index (χ2v) is 22.5. The summed E-state index contributed by atoms with van der Waals surface area (Å²) in [6.07, 6.45) is 31.3. The maximum Gasteiger partial charge on any atom is 0.220 e. The minimum atomic E-state index is -1.98. The van der Waals surface area contributed by atoms with Crippen molar-refractivity contribution in [3.63, 3.8) is 0 Å². The van der Waals surface area contributed by atoms with E-state index in [0.29, 0.717) is 12.8 Å². The molecule has 0 radical (unpaired) electrons. The van der Waals surface area contributed by atoms with Gasteiger partial charge in [-0.2, -0.15) is 0 Å². The molecule has 12 N–H and O–H groups in total. The molecule has 0 aliphatic carbocycles. The van der Waals surface area contributed by atoms with Gasteiger partial charge < -0.3 is 89.9 Å². The van der Waals surface area contributed by atoms with Crippen molar-refractivity contribution in [1.82, 2.24) is 5.32 Å². The second kappa shape index (κ2) is 47.0. The summed E-state index contributed by atoms with van der Waals surface area (Å²) in [6, 6.07) is -0.998. The lowest BCUT2D eigenvalue weighted by Crippen LogP contribution is -2.66. The molecule has 3 saturated heterocycles. The van der Waals surface area contributed by atoms with Crippen LogP contribution in [0.25, 0.3) is 0 Å². The highest BCUT2D eigenvalue weighted by molar-refractivity contribution is 5.76. The number of carbonyl (C=O) groups excluding carboxylic acids is 1. The van der Waals surface area contributed by atoms with Gasteiger partial charge in [-0.15, -0.1) is 0 Å². The van der Waals surface area contributed by atoms with Crippen LogP contribution >= 0.6 is 0 Å². The number of hydrogen-bond donors (Lipinski definition) is 12. The lowest BCUT2D eigenvalue weighted by Gasteiger charge is -2.48. The molecule has 19 nitrogen and oxygen atoms in total. The normalized spacial score (nSPS) is 29.8. The van der Waals surface area contributed by atoms with Crippen molar-refractivity contribution in [3.8, 4) is 0 Å². The van der Waals surface area contributed by atoms with E-state index in [1.165, 1.54) is 70.6 Å². The van der Waals surface area contributed by atoms with Gasteiger partial charge in [0, 0.05) is 6.42 Å². The topological polar surface area (TPSA) is 307 Å². The predicted octanol–water partition coefficient (Wildman–Crippen LogP) is 6.76. The number of carbonyl (C=O) groups is 1. The quantitative estimate of drug-likeness (QED) is 0.0221. The third kappa shape index (κ3) is 29.8. The molecule has 3 aliphatic rings. The highest BCUT2D eigenvalue weighted by atomic mass is 16.8.